The number of benzene rings is 2. The second kappa shape index (κ2) is 7.60. The summed E-state index contributed by atoms with van der Waals surface area (Å²) in [6, 6.07) is 12.8. The summed E-state index contributed by atoms with van der Waals surface area (Å²) in [6.07, 6.45) is 0. The third-order valence-electron chi connectivity index (χ3n) is 4.74. The molecular weight excluding hydrogens is 384 g/mol. The Hall–Kier alpha value is -3.32. The molecule has 2 aromatic heterocycles. The topological polar surface area (TPSA) is 76.9 Å². The summed E-state index contributed by atoms with van der Waals surface area (Å²) in [7, 11) is 0. The lowest BCUT2D eigenvalue weighted by Gasteiger charge is -2.10. The van der Waals surface area contributed by atoms with E-state index in [1.165, 1.54) is 0 Å². The van der Waals surface area contributed by atoms with Gasteiger partial charge in [-0.2, -0.15) is 0 Å². The number of carbonyl (C=O) groups excluding carboxylic acids is 1. The van der Waals surface area contributed by atoms with E-state index in [0.29, 0.717) is 29.0 Å². The second-order valence-electron chi connectivity index (χ2n) is 6.73. The molecule has 0 aliphatic rings. The number of amides is 1. The minimum absolute atomic E-state index is 0.104. The zero-order valence-corrected chi connectivity index (χ0v) is 17.2. The van der Waals surface area contributed by atoms with Crippen LogP contribution in [0.1, 0.15) is 28.0 Å². The maximum Gasteiger partial charge on any atom is 0.272 e. The number of hydrogen-bond donors (Lipinski definition) is 1. The first-order valence-electron chi connectivity index (χ1n) is 9.31. The lowest BCUT2D eigenvalue weighted by atomic mass is 10.1. The highest BCUT2D eigenvalue weighted by molar-refractivity contribution is 7.09. The number of nitrogens with zero attached hydrogens (tertiary/aromatic N) is 3. The Morgan fingerprint density at radius 2 is 1.86 bits per heavy atom. The molecule has 1 amide bonds. The van der Waals surface area contributed by atoms with Crippen molar-refractivity contribution in [2.24, 2.45) is 0 Å². The molecular formula is C22H20N4O2S. The number of thiazole rings is 1. The van der Waals surface area contributed by atoms with Gasteiger partial charge in [0, 0.05) is 28.7 Å². The molecule has 0 spiro atoms. The summed E-state index contributed by atoms with van der Waals surface area (Å²) in [5, 5.41) is 5.94. The van der Waals surface area contributed by atoms with Crippen molar-refractivity contribution in [3.8, 4) is 11.3 Å². The number of anilines is 1. The lowest BCUT2D eigenvalue weighted by molar-refractivity contribution is 0.102. The van der Waals surface area contributed by atoms with Gasteiger partial charge in [0.05, 0.1) is 21.7 Å². The Morgan fingerprint density at radius 3 is 2.52 bits per heavy atom. The molecule has 0 saturated carbocycles. The monoisotopic (exact) mass is 404 g/mol. The van der Waals surface area contributed by atoms with Crippen LogP contribution < -0.4 is 10.9 Å². The van der Waals surface area contributed by atoms with Gasteiger partial charge in [-0.3, -0.25) is 9.59 Å². The molecule has 0 unspecified atom stereocenters. The van der Waals surface area contributed by atoms with E-state index >= 15 is 0 Å². The molecule has 0 aliphatic carbocycles. The fraction of sp³-hybridized carbons (Fsp3) is 0.182. The number of fused-ring (bicyclic) bond motifs is 1. The van der Waals surface area contributed by atoms with E-state index < -0.39 is 0 Å². The van der Waals surface area contributed by atoms with Crippen LogP contribution in [0.2, 0.25) is 0 Å². The minimum atomic E-state index is -0.224. The molecule has 2 heterocycles. The molecule has 0 bridgehead atoms. The summed E-state index contributed by atoms with van der Waals surface area (Å²) < 4.78 is 1.66. The summed E-state index contributed by atoms with van der Waals surface area (Å²) in [6.45, 7) is 6.13. The highest BCUT2D eigenvalue weighted by atomic mass is 32.1. The number of aromatic nitrogens is 3. The summed E-state index contributed by atoms with van der Waals surface area (Å²) in [5.41, 5.74) is 4.81. The summed E-state index contributed by atoms with van der Waals surface area (Å²) in [4.78, 5) is 33.8. The molecule has 0 saturated heterocycles. The molecule has 29 heavy (non-hydrogen) atoms. The number of rotatable bonds is 4. The maximum atomic E-state index is 12.7. The van der Waals surface area contributed by atoms with Crippen LogP contribution in [0.5, 0.6) is 0 Å². The summed E-state index contributed by atoms with van der Waals surface area (Å²) >= 11 is 1.61. The van der Waals surface area contributed by atoms with Crippen LogP contribution in [0.3, 0.4) is 0 Å². The Labute approximate surface area is 171 Å². The van der Waals surface area contributed by atoms with Crippen LogP contribution in [-0.4, -0.2) is 20.4 Å². The molecule has 4 aromatic rings. The number of hydrogen-bond acceptors (Lipinski definition) is 5. The fourth-order valence-electron chi connectivity index (χ4n) is 3.25. The Bertz CT molecular complexity index is 1270. The van der Waals surface area contributed by atoms with Gasteiger partial charge in [-0.1, -0.05) is 12.1 Å². The number of carbonyl (C=O) groups is 1. The van der Waals surface area contributed by atoms with Crippen molar-refractivity contribution < 1.29 is 4.79 Å². The maximum absolute atomic E-state index is 12.7. The standard InChI is InChI=1S/C22H20N4O2S/c1-4-26-20-10-7-16(11-18(20)23-13(2)22(26)28)21(27)25-17-8-5-15(6-9-17)19-12-29-14(3)24-19/h5-12H,4H2,1-3H3,(H,25,27). The molecule has 0 fully saturated rings. The SMILES string of the molecule is CCn1c(=O)c(C)nc2cc(C(=O)Nc3ccc(-c4csc(C)n4)cc3)ccc21. The van der Waals surface area contributed by atoms with E-state index in [0.717, 1.165) is 21.8 Å². The van der Waals surface area contributed by atoms with Crippen molar-refractivity contribution in [3.63, 3.8) is 0 Å². The largest absolute Gasteiger partial charge is 0.322 e. The van der Waals surface area contributed by atoms with Crippen molar-refractivity contribution in [3.05, 3.63) is 74.5 Å². The lowest BCUT2D eigenvalue weighted by Crippen LogP contribution is -2.23. The van der Waals surface area contributed by atoms with E-state index in [1.807, 2.05) is 43.5 Å². The number of aryl methyl sites for hydroxylation is 3. The molecule has 2 aromatic carbocycles. The second-order valence-corrected chi connectivity index (χ2v) is 7.80. The third-order valence-corrected chi connectivity index (χ3v) is 5.52. The average Bonchev–Trinajstić information content (AvgIpc) is 3.15. The average molecular weight is 404 g/mol. The van der Waals surface area contributed by atoms with Crippen molar-refractivity contribution in [2.45, 2.75) is 27.3 Å². The van der Waals surface area contributed by atoms with Crippen molar-refractivity contribution in [2.75, 3.05) is 5.32 Å². The van der Waals surface area contributed by atoms with E-state index in [9.17, 15) is 9.59 Å². The molecule has 0 atom stereocenters. The van der Waals surface area contributed by atoms with E-state index in [1.54, 1.807) is 41.0 Å². The first kappa shape index (κ1) is 19.0. The van der Waals surface area contributed by atoms with Gasteiger partial charge in [0.1, 0.15) is 5.69 Å². The number of nitrogens with one attached hydrogen (secondary N) is 1. The van der Waals surface area contributed by atoms with Gasteiger partial charge >= 0.3 is 0 Å². The Kier molecular flexibility index (Phi) is 4.98. The molecule has 6 nitrogen and oxygen atoms in total. The molecule has 146 valence electrons. The third kappa shape index (κ3) is 3.69. The quantitative estimate of drug-likeness (QED) is 0.547. The van der Waals surface area contributed by atoms with E-state index in [-0.39, 0.29) is 11.5 Å². The van der Waals surface area contributed by atoms with Gasteiger partial charge in [-0.05, 0) is 51.1 Å². The smallest absolute Gasteiger partial charge is 0.272 e. The molecule has 0 aliphatic heterocycles. The molecule has 4 rings (SSSR count). The van der Waals surface area contributed by atoms with Gasteiger partial charge in [0.15, 0.2) is 0 Å². The van der Waals surface area contributed by atoms with Crippen molar-refractivity contribution in [1.82, 2.24) is 14.5 Å². The zero-order chi connectivity index (χ0) is 20.5. The van der Waals surface area contributed by atoms with Crippen molar-refractivity contribution in [1.29, 1.82) is 0 Å². The Balaban J connectivity index is 1.59. The zero-order valence-electron chi connectivity index (χ0n) is 16.4. The van der Waals surface area contributed by atoms with Gasteiger partial charge in [0.25, 0.3) is 11.5 Å². The van der Waals surface area contributed by atoms with E-state index in [2.05, 4.69) is 15.3 Å². The van der Waals surface area contributed by atoms with Gasteiger partial charge in [-0.15, -0.1) is 11.3 Å². The van der Waals surface area contributed by atoms with Crippen LogP contribution >= 0.6 is 11.3 Å². The van der Waals surface area contributed by atoms with Crippen LogP contribution in [0.15, 0.2) is 52.6 Å². The van der Waals surface area contributed by atoms with E-state index in [4.69, 9.17) is 0 Å². The molecule has 1 N–H and O–H groups in total. The normalized spacial score (nSPS) is 11.0. The fourth-order valence-corrected chi connectivity index (χ4v) is 3.88. The van der Waals surface area contributed by atoms with Gasteiger partial charge in [0.2, 0.25) is 0 Å². The molecule has 7 heteroatoms. The van der Waals surface area contributed by atoms with Crippen LogP contribution in [0.25, 0.3) is 22.3 Å². The summed E-state index contributed by atoms with van der Waals surface area (Å²) in [5.74, 6) is -0.224. The first-order valence-corrected chi connectivity index (χ1v) is 10.2. The van der Waals surface area contributed by atoms with Crippen LogP contribution in [0.4, 0.5) is 5.69 Å². The van der Waals surface area contributed by atoms with Gasteiger partial charge in [-0.25, -0.2) is 9.97 Å². The van der Waals surface area contributed by atoms with Crippen molar-refractivity contribution >= 4 is 34.0 Å². The predicted molar refractivity (Wildman–Crippen MR) is 117 cm³/mol. The highest BCUT2D eigenvalue weighted by Gasteiger charge is 2.12. The molecule has 0 radical (unpaired) electrons. The van der Waals surface area contributed by atoms with Crippen LogP contribution in [-0.2, 0) is 6.54 Å². The predicted octanol–water partition coefficient (Wildman–Crippen LogP) is 4.41. The first-order chi connectivity index (χ1) is 14.0. The van der Waals surface area contributed by atoms with Crippen LogP contribution in [0, 0.1) is 13.8 Å². The minimum Gasteiger partial charge on any atom is -0.322 e. The Morgan fingerprint density at radius 1 is 1.10 bits per heavy atom. The van der Waals surface area contributed by atoms with Gasteiger partial charge < -0.3 is 9.88 Å². The highest BCUT2D eigenvalue weighted by Crippen LogP contribution is 2.23.